The Morgan fingerprint density at radius 3 is 2.27 bits per heavy atom. The Hall–Kier alpha value is -2.68. The number of hydrogen-bond acceptors (Lipinski definition) is 1. The van der Waals surface area contributed by atoms with Gasteiger partial charge < -0.3 is 14.9 Å². The first-order valence-electron chi connectivity index (χ1n) is 7.50. The number of aryl methyl sites for hydroxylation is 3. The van der Waals surface area contributed by atoms with Crippen molar-refractivity contribution in [3.8, 4) is 5.69 Å². The number of benzene rings is 2. The minimum atomic E-state index is 0.816. The van der Waals surface area contributed by atoms with Gasteiger partial charge in [0.2, 0.25) is 0 Å². The zero-order chi connectivity index (χ0) is 15.4. The first-order valence-corrected chi connectivity index (χ1v) is 7.50. The maximum atomic E-state index is 6.32. The molecule has 0 bridgehead atoms. The summed E-state index contributed by atoms with van der Waals surface area (Å²) < 4.78 is 4.34. The molecule has 0 saturated heterocycles. The fourth-order valence-corrected chi connectivity index (χ4v) is 3.48. The van der Waals surface area contributed by atoms with E-state index in [1.807, 2.05) is 11.6 Å². The van der Waals surface area contributed by atoms with Crippen molar-refractivity contribution in [3.05, 3.63) is 59.8 Å². The molecule has 4 rings (SSSR count). The number of para-hydroxylation sites is 2. The molecule has 2 heterocycles. The van der Waals surface area contributed by atoms with Gasteiger partial charge in [0.05, 0.1) is 16.7 Å². The third kappa shape index (κ3) is 1.56. The largest absolute Gasteiger partial charge is 0.385 e. The molecule has 3 nitrogen and oxygen atoms in total. The molecule has 0 atom stereocenters. The summed E-state index contributed by atoms with van der Waals surface area (Å²) in [6.45, 7) is 4.32. The number of nitrogens with two attached hydrogens (primary N) is 1. The normalized spacial score (nSPS) is 11.6. The second-order valence-electron chi connectivity index (χ2n) is 5.98. The number of fused-ring (bicyclic) bond motifs is 3. The average molecular weight is 289 g/mol. The van der Waals surface area contributed by atoms with E-state index < -0.39 is 0 Å². The number of rotatable bonds is 1. The molecule has 0 saturated carbocycles. The Kier molecular flexibility index (Phi) is 2.61. The molecular weight excluding hydrogens is 270 g/mol. The van der Waals surface area contributed by atoms with Crippen molar-refractivity contribution >= 4 is 27.6 Å². The number of aromatic nitrogens is 2. The summed E-state index contributed by atoms with van der Waals surface area (Å²) in [5, 5.41) is 2.35. The van der Waals surface area contributed by atoms with Crippen LogP contribution in [-0.4, -0.2) is 9.13 Å². The molecule has 0 amide bonds. The van der Waals surface area contributed by atoms with Gasteiger partial charge in [0.15, 0.2) is 0 Å². The van der Waals surface area contributed by atoms with E-state index in [0.717, 1.165) is 11.2 Å². The highest BCUT2D eigenvalue weighted by Crippen LogP contribution is 2.37. The minimum absolute atomic E-state index is 0.816. The highest BCUT2D eigenvalue weighted by molar-refractivity contribution is 6.14. The first kappa shape index (κ1) is 13.0. The van der Waals surface area contributed by atoms with E-state index >= 15 is 0 Å². The van der Waals surface area contributed by atoms with Crippen LogP contribution in [0.4, 0.5) is 5.82 Å². The Bertz CT molecular complexity index is 998. The Morgan fingerprint density at radius 1 is 0.864 bits per heavy atom. The van der Waals surface area contributed by atoms with Crippen molar-refractivity contribution in [1.29, 1.82) is 0 Å². The number of hydrogen-bond donors (Lipinski definition) is 1. The molecule has 2 aromatic carbocycles. The summed E-state index contributed by atoms with van der Waals surface area (Å²) in [6.07, 6.45) is 2.12. The molecule has 22 heavy (non-hydrogen) atoms. The third-order valence-corrected chi connectivity index (χ3v) is 4.53. The van der Waals surface area contributed by atoms with Crippen molar-refractivity contribution in [3.63, 3.8) is 0 Å². The molecule has 110 valence electrons. The standard InChI is InChI=1S/C19H19N3/c1-12-7-6-8-13(2)18(12)22-15-10-5-4-9-14(15)17-16(22)11-21(3)19(17)20/h4-11H,20H2,1-3H3. The SMILES string of the molecule is Cc1cccc(C)c1-n1c2ccccc2c2c(N)n(C)cc21. The summed E-state index contributed by atoms with van der Waals surface area (Å²) in [7, 11) is 2.00. The van der Waals surface area contributed by atoms with Gasteiger partial charge in [-0.25, -0.2) is 0 Å². The van der Waals surface area contributed by atoms with Gasteiger partial charge in [-0.15, -0.1) is 0 Å². The quantitative estimate of drug-likeness (QED) is 0.556. The Morgan fingerprint density at radius 2 is 1.55 bits per heavy atom. The molecule has 0 aliphatic rings. The van der Waals surface area contributed by atoms with E-state index in [9.17, 15) is 0 Å². The smallest absolute Gasteiger partial charge is 0.113 e. The Balaban J connectivity index is 2.28. The van der Waals surface area contributed by atoms with Crippen molar-refractivity contribution in [2.75, 3.05) is 5.73 Å². The summed E-state index contributed by atoms with van der Waals surface area (Å²) >= 11 is 0. The molecule has 0 radical (unpaired) electrons. The summed E-state index contributed by atoms with van der Waals surface area (Å²) in [5.41, 5.74) is 12.5. The second-order valence-corrected chi connectivity index (χ2v) is 5.98. The van der Waals surface area contributed by atoms with Crippen molar-refractivity contribution < 1.29 is 0 Å². The highest BCUT2D eigenvalue weighted by Gasteiger charge is 2.18. The molecule has 0 aliphatic heterocycles. The lowest BCUT2D eigenvalue weighted by atomic mass is 10.1. The van der Waals surface area contributed by atoms with Crippen LogP contribution in [0.5, 0.6) is 0 Å². The molecule has 2 aromatic heterocycles. The zero-order valence-corrected chi connectivity index (χ0v) is 13.1. The van der Waals surface area contributed by atoms with Gasteiger partial charge >= 0.3 is 0 Å². The van der Waals surface area contributed by atoms with E-state index in [0.29, 0.717) is 0 Å². The summed E-state index contributed by atoms with van der Waals surface area (Å²) in [5.74, 6) is 0.816. The van der Waals surface area contributed by atoms with E-state index in [-0.39, 0.29) is 0 Å². The van der Waals surface area contributed by atoms with Gasteiger partial charge in [-0.05, 0) is 31.0 Å². The van der Waals surface area contributed by atoms with Crippen LogP contribution in [0.15, 0.2) is 48.7 Å². The number of nitrogens with zero attached hydrogens (tertiary/aromatic N) is 2. The average Bonchev–Trinajstić information content (AvgIpc) is 2.95. The van der Waals surface area contributed by atoms with E-state index in [4.69, 9.17) is 5.73 Å². The maximum absolute atomic E-state index is 6.32. The van der Waals surface area contributed by atoms with Crippen LogP contribution in [0.2, 0.25) is 0 Å². The Labute approximate surface area is 129 Å². The lowest BCUT2D eigenvalue weighted by molar-refractivity contribution is 0.941. The van der Waals surface area contributed by atoms with Crippen LogP contribution >= 0.6 is 0 Å². The van der Waals surface area contributed by atoms with Crippen molar-refractivity contribution in [2.24, 2.45) is 7.05 Å². The van der Waals surface area contributed by atoms with Gasteiger partial charge in [0, 0.05) is 24.0 Å². The predicted molar refractivity (Wildman–Crippen MR) is 93.6 cm³/mol. The fourth-order valence-electron chi connectivity index (χ4n) is 3.48. The van der Waals surface area contributed by atoms with E-state index in [1.54, 1.807) is 0 Å². The van der Waals surface area contributed by atoms with Gasteiger partial charge in [-0.2, -0.15) is 0 Å². The third-order valence-electron chi connectivity index (χ3n) is 4.53. The lowest BCUT2D eigenvalue weighted by Crippen LogP contribution is -2.00. The van der Waals surface area contributed by atoms with Crippen molar-refractivity contribution in [2.45, 2.75) is 13.8 Å². The van der Waals surface area contributed by atoms with Crippen LogP contribution in [-0.2, 0) is 7.05 Å². The molecule has 0 fully saturated rings. The number of anilines is 1. The number of nitrogen functional groups attached to an aromatic ring is 1. The molecule has 4 aromatic rings. The maximum Gasteiger partial charge on any atom is 0.113 e. The van der Waals surface area contributed by atoms with Gasteiger partial charge in [0.25, 0.3) is 0 Å². The second kappa shape index (κ2) is 4.41. The van der Waals surface area contributed by atoms with Gasteiger partial charge in [0.1, 0.15) is 5.82 Å². The van der Waals surface area contributed by atoms with E-state index in [1.165, 1.54) is 33.2 Å². The van der Waals surface area contributed by atoms with Crippen molar-refractivity contribution in [1.82, 2.24) is 9.13 Å². The molecule has 0 aliphatic carbocycles. The predicted octanol–water partition coefficient (Wildman–Crippen LogP) is 4.32. The minimum Gasteiger partial charge on any atom is -0.385 e. The topological polar surface area (TPSA) is 35.9 Å². The van der Waals surface area contributed by atoms with Crippen LogP contribution in [0.25, 0.3) is 27.5 Å². The molecule has 2 N–H and O–H groups in total. The molecule has 3 heteroatoms. The highest BCUT2D eigenvalue weighted by atomic mass is 15.1. The molecule has 0 spiro atoms. The van der Waals surface area contributed by atoms with E-state index in [2.05, 4.69) is 67.1 Å². The molecular formula is C19H19N3. The van der Waals surface area contributed by atoms with Crippen LogP contribution in [0.3, 0.4) is 0 Å². The van der Waals surface area contributed by atoms with Gasteiger partial charge in [-0.3, -0.25) is 0 Å². The van der Waals surface area contributed by atoms with Crippen LogP contribution in [0.1, 0.15) is 11.1 Å². The van der Waals surface area contributed by atoms with Gasteiger partial charge in [-0.1, -0.05) is 36.4 Å². The van der Waals surface area contributed by atoms with Crippen LogP contribution < -0.4 is 5.73 Å². The van der Waals surface area contributed by atoms with Crippen LogP contribution in [0, 0.1) is 13.8 Å². The fraction of sp³-hybridized carbons (Fsp3) is 0.158. The first-order chi connectivity index (χ1) is 10.6. The summed E-state index contributed by atoms with van der Waals surface area (Å²) in [6, 6.07) is 14.9. The lowest BCUT2D eigenvalue weighted by Gasteiger charge is -2.13. The zero-order valence-electron chi connectivity index (χ0n) is 13.1. The summed E-state index contributed by atoms with van der Waals surface area (Å²) in [4.78, 5) is 0. The molecule has 0 unspecified atom stereocenters. The monoisotopic (exact) mass is 289 g/mol.